The minimum absolute atomic E-state index is 0.0891. The number of aliphatic hydroxyl groups is 1. The van der Waals surface area contributed by atoms with Gasteiger partial charge in [-0.2, -0.15) is 0 Å². The van der Waals surface area contributed by atoms with Crippen LogP contribution in [-0.4, -0.2) is 40.1 Å². The van der Waals surface area contributed by atoms with Gasteiger partial charge in [0.2, 0.25) is 5.91 Å². The van der Waals surface area contributed by atoms with Crippen LogP contribution < -0.4 is 0 Å². The highest BCUT2D eigenvalue weighted by atomic mass is 16.4. The average molecular weight is 291 g/mol. The van der Waals surface area contributed by atoms with Crippen LogP contribution in [-0.2, 0) is 16.1 Å². The summed E-state index contributed by atoms with van der Waals surface area (Å²) in [5.41, 5.74) is 0.940. The molecule has 1 amide bonds. The van der Waals surface area contributed by atoms with Crippen molar-refractivity contribution in [2.24, 2.45) is 5.92 Å². The molecule has 0 heterocycles. The first-order chi connectivity index (χ1) is 10.1. The van der Waals surface area contributed by atoms with Crippen LogP contribution in [0.3, 0.4) is 0 Å². The molecule has 21 heavy (non-hydrogen) atoms. The summed E-state index contributed by atoms with van der Waals surface area (Å²) < 4.78 is 0. The molecule has 5 heteroatoms. The van der Waals surface area contributed by atoms with Crippen molar-refractivity contribution in [3.8, 4) is 0 Å². The molecule has 0 unspecified atom stereocenters. The predicted molar refractivity (Wildman–Crippen MR) is 79.5 cm³/mol. The van der Waals surface area contributed by atoms with Crippen LogP contribution in [0.2, 0.25) is 0 Å². The van der Waals surface area contributed by atoms with E-state index in [1.165, 1.54) is 11.0 Å². The molecule has 0 fully saturated rings. The monoisotopic (exact) mass is 291 g/mol. The lowest BCUT2D eigenvalue weighted by Crippen LogP contribution is -2.35. The third-order valence-corrected chi connectivity index (χ3v) is 3.16. The van der Waals surface area contributed by atoms with Gasteiger partial charge in [0.05, 0.1) is 12.5 Å². The van der Waals surface area contributed by atoms with Crippen LogP contribution in [0.4, 0.5) is 0 Å². The number of hydrogen-bond acceptors (Lipinski definition) is 3. The van der Waals surface area contributed by atoms with Crippen molar-refractivity contribution in [3.63, 3.8) is 0 Å². The van der Waals surface area contributed by atoms with Crippen molar-refractivity contribution < 1.29 is 19.8 Å². The molecule has 0 saturated carbocycles. The Bertz CT molecular complexity index is 472. The van der Waals surface area contributed by atoms with Crippen molar-refractivity contribution in [2.75, 3.05) is 13.2 Å². The van der Waals surface area contributed by atoms with Gasteiger partial charge in [-0.25, -0.2) is 0 Å². The first-order valence-corrected chi connectivity index (χ1v) is 6.84. The summed E-state index contributed by atoms with van der Waals surface area (Å²) in [6, 6.07) is 9.39. The molecule has 1 atom stereocenters. The average Bonchev–Trinajstić information content (AvgIpc) is 2.47. The van der Waals surface area contributed by atoms with E-state index in [2.05, 4.69) is 6.58 Å². The Balaban J connectivity index is 2.72. The molecule has 1 rings (SSSR count). The van der Waals surface area contributed by atoms with Crippen LogP contribution >= 0.6 is 0 Å². The number of carbonyl (C=O) groups excluding carboxylic acids is 1. The predicted octanol–water partition coefficient (Wildman–Crippen LogP) is 1.67. The van der Waals surface area contributed by atoms with Crippen LogP contribution in [0.1, 0.15) is 18.4 Å². The normalized spacial score (nSPS) is 11.7. The molecular weight excluding hydrogens is 270 g/mol. The molecule has 0 aliphatic carbocycles. The summed E-state index contributed by atoms with van der Waals surface area (Å²) in [6.07, 6.45) is 1.66. The third-order valence-electron chi connectivity index (χ3n) is 3.16. The zero-order chi connectivity index (χ0) is 15.7. The molecule has 0 spiro atoms. The number of rotatable bonds is 9. The van der Waals surface area contributed by atoms with E-state index in [4.69, 9.17) is 10.2 Å². The van der Waals surface area contributed by atoms with Gasteiger partial charge in [-0.3, -0.25) is 9.59 Å². The maximum Gasteiger partial charge on any atom is 0.307 e. The molecule has 1 aromatic rings. The number of aliphatic carboxylic acids is 1. The summed E-state index contributed by atoms with van der Waals surface area (Å²) in [4.78, 5) is 24.8. The lowest BCUT2D eigenvalue weighted by molar-refractivity contribution is -0.146. The molecule has 0 aliphatic rings. The molecule has 0 saturated heterocycles. The van der Waals surface area contributed by atoms with Gasteiger partial charge in [-0.1, -0.05) is 36.4 Å². The molecule has 5 nitrogen and oxygen atoms in total. The standard InChI is InChI=1S/C16H21NO4/c1-2-6-14(16(20)21)11-15(19)17(9-10-18)12-13-7-4-3-5-8-13/h2-5,7-8,14,18H,1,6,9-12H2,(H,20,21)/t14-/m1/s1. The summed E-state index contributed by atoms with van der Waals surface area (Å²) >= 11 is 0. The Hall–Kier alpha value is -2.14. The number of benzene rings is 1. The summed E-state index contributed by atoms with van der Waals surface area (Å²) in [5.74, 6) is -2.05. The van der Waals surface area contributed by atoms with Crippen LogP contribution in [0.5, 0.6) is 0 Å². The second-order valence-electron chi connectivity index (χ2n) is 4.79. The Morgan fingerprint density at radius 2 is 1.95 bits per heavy atom. The first kappa shape index (κ1) is 16.9. The highest BCUT2D eigenvalue weighted by Crippen LogP contribution is 2.14. The highest BCUT2D eigenvalue weighted by molar-refractivity contribution is 5.82. The number of carboxylic acids is 1. The Kier molecular flexibility index (Phi) is 7.18. The quantitative estimate of drug-likeness (QED) is 0.678. The Labute approximate surface area is 124 Å². The maximum atomic E-state index is 12.2. The highest BCUT2D eigenvalue weighted by Gasteiger charge is 2.23. The number of hydrogen-bond donors (Lipinski definition) is 2. The molecule has 0 aliphatic heterocycles. The maximum absolute atomic E-state index is 12.2. The van der Waals surface area contributed by atoms with Crippen molar-refractivity contribution in [1.29, 1.82) is 0 Å². The summed E-state index contributed by atoms with van der Waals surface area (Å²) in [7, 11) is 0. The fraction of sp³-hybridized carbons (Fsp3) is 0.375. The van der Waals surface area contributed by atoms with E-state index in [0.29, 0.717) is 6.54 Å². The zero-order valence-corrected chi connectivity index (χ0v) is 11.9. The van der Waals surface area contributed by atoms with Crippen molar-refractivity contribution in [2.45, 2.75) is 19.4 Å². The first-order valence-electron chi connectivity index (χ1n) is 6.84. The number of amides is 1. The lowest BCUT2D eigenvalue weighted by atomic mass is 10.0. The van der Waals surface area contributed by atoms with Gasteiger partial charge in [0.1, 0.15) is 0 Å². The third kappa shape index (κ3) is 5.79. The van der Waals surface area contributed by atoms with Crippen molar-refractivity contribution in [3.05, 3.63) is 48.6 Å². The minimum Gasteiger partial charge on any atom is -0.481 e. The number of aliphatic hydroxyl groups excluding tert-OH is 1. The fourth-order valence-corrected chi connectivity index (χ4v) is 2.03. The summed E-state index contributed by atoms with van der Waals surface area (Å²) in [5, 5.41) is 18.2. The van der Waals surface area contributed by atoms with E-state index in [1.807, 2.05) is 30.3 Å². The number of allylic oxidation sites excluding steroid dienone is 1. The molecule has 0 aromatic heterocycles. The zero-order valence-electron chi connectivity index (χ0n) is 11.9. The second-order valence-corrected chi connectivity index (χ2v) is 4.79. The summed E-state index contributed by atoms with van der Waals surface area (Å²) in [6.45, 7) is 3.91. The van der Waals surface area contributed by atoms with Gasteiger partial charge in [0.25, 0.3) is 0 Å². The Morgan fingerprint density at radius 3 is 2.48 bits per heavy atom. The fourth-order valence-electron chi connectivity index (χ4n) is 2.03. The van der Waals surface area contributed by atoms with Crippen LogP contribution in [0.25, 0.3) is 0 Å². The smallest absolute Gasteiger partial charge is 0.307 e. The minimum atomic E-state index is -1.01. The molecule has 0 radical (unpaired) electrons. The molecule has 1 aromatic carbocycles. The number of carbonyl (C=O) groups is 2. The number of nitrogens with zero attached hydrogens (tertiary/aromatic N) is 1. The van der Waals surface area contributed by atoms with E-state index in [1.54, 1.807) is 0 Å². The topological polar surface area (TPSA) is 77.8 Å². The van der Waals surface area contributed by atoms with Gasteiger partial charge in [0.15, 0.2) is 0 Å². The van der Waals surface area contributed by atoms with Gasteiger partial charge in [0, 0.05) is 19.5 Å². The van der Waals surface area contributed by atoms with Gasteiger partial charge >= 0.3 is 5.97 Å². The lowest BCUT2D eigenvalue weighted by Gasteiger charge is -2.23. The second kappa shape index (κ2) is 8.92. The number of carboxylic acid groups (broad SMARTS) is 1. The SMILES string of the molecule is C=CC[C@H](CC(=O)N(CCO)Cc1ccccc1)C(=O)O. The molecule has 114 valence electrons. The van der Waals surface area contributed by atoms with E-state index in [0.717, 1.165) is 5.56 Å². The van der Waals surface area contributed by atoms with E-state index >= 15 is 0 Å². The van der Waals surface area contributed by atoms with E-state index in [-0.39, 0.29) is 31.9 Å². The van der Waals surface area contributed by atoms with Crippen molar-refractivity contribution in [1.82, 2.24) is 4.90 Å². The Morgan fingerprint density at radius 1 is 1.29 bits per heavy atom. The van der Waals surface area contributed by atoms with Crippen LogP contribution in [0.15, 0.2) is 43.0 Å². The van der Waals surface area contributed by atoms with Gasteiger partial charge in [-0.05, 0) is 12.0 Å². The van der Waals surface area contributed by atoms with Crippen LogP contribution in [0, 0.1) is 5.92 Å². The molecule has 0 bridgehead atoms. The largest absolute Gasteiger partial charge is 0.481 e. The van der Waals surface area contributed by atoms with Gasteiger partial charge in [-0.15, -0.1) is 6.58 Å². The molecule has 2 N–H and O–H groups in total. The van der Waals surface area contributed by atoms with E-state index in [9.17, 15) is 9.59 Å². The van der Waals surface area contributed by atoms with E-state index < -0.39 is 11.9 Å². The molecular formula is C16H21NO4. The van der Waals surface area contributed by atoms with Gasteiger partial charge < -0.3 is 15.1 Å². The van der Waals surface area contributed by atoms with Crippen molar-refractivity contribution >= 4 is 11.9 Å².